The number of rotatable bonds is 9. The Bertz CT molecular complexity index is 1040. The first-order valence-corrected chi connectivity index (χ1v) is 13.3. The number of hydrogen-bond donors (Lipinski definition) is 4. The third kappa shape index (κ3) is 6.22. The van der Waals surface area contributed by atoms with Crippen molar-refractivity contribution in [2.24, 2.45) is 0 Å². The molecule has 36 heavy (non-hydrogen) atoms. The monoisotopic (exact) mass is 502 g/mol. The summed E-state index contributed by atoms with van der Waals surface area (Å²) in [5, 5.41) is 16.8. The van der Waals surface area contributed by atoms with Crippen LogP contribution in [0.25, 0.3) is 11.0 Å². The van der Waals surface area contributed by atoms with Gasteiger partial charge in [0.2, 0.25) is 11.8 Å². The number of nitrogens with zero attached hydrogens (tertiary/aromatic N) is 3. The van der Waals surface area contributed by atoms with Crippen molar-refractivity contribution in [3.8, 4) is 0 Å². The van der Waals surface area contributed by atoms with Gasteiger partial charge in [-0.25, -0.2) is 9.37 Å². The lowest BCUT2D eigenvalue weighted by Crippen LogP contribution is -2.57. The number of benzene rings is 1. The number of likely N-dealkylation sites (tertiary alicyclic amines) is 2. The van der Waals surface area contributed by atoms with Gasteiger partial charge in [0.15, 0.2) is 12.2 Å². The number of piperidine rings is 2. The van der Waals surface area contributed by atoms with Crippen LogP contribution in [0.2, 0.25) is 0 Å². The van der Waals surface area contributed by atoms with Gasteiger partial charge >= 0.3 is 0 Å². The number of amides is 2. The van der Waals surface area contributed by atoms with E-state index in [1.165, 1.54) is 6.07 Å². The second-order valence-corrected chi connectivity index (χ2v) is 10.0. The number of carbonyl (C=O) groups excluding carboxylic acids is 2. The predicted octanol–water partition coefficient (Wildman–Crippen LogP) is 2.78. The van der Waals surface area contributed by atoms with Crippen molar-refractivity contribution in [3.63, 3.8) is 0 Å². The molecular weight excluding hydrogens is 463 g/mol. The molecule has 4 atom stereocenters. The van der Waals surface area contributed by atoms with Gasteiger partial charge < -0.3 is 20.3 Å². The normalized spacial score (nSPS) is 21.8. The molecule has 0 bridgehead atoms. The largest absolute Gasteiger partial charge is 0.365 e. The summed E-state index contributed by atoms with van der Waals surface area (Å²) in [6.07, 6.45) is 5.95. The topological polar surface area (TPSA) is 114 Å². The Morgan fingerprint density at radius 2 is 1.94 bits per heavy atom. The maximum atomic E-state index is 14.1. The van der Waals surface area contributed by atoms with Crippen LogP contribution in [-0.2, 0) is 9.59 Å². The molecule has 3 heterocycles. The Kier molecular flexibility index (Phi) is 8.92. The van der Waals surface area contributed by atoms with Gasteiger partial charge in [-0.05, 0) is 57.6 Å². The summed E-state index contributed by atoms with van der Waals surface area (Å²) in [7, 11) is 0. The second-order valence-electron chi connectivity index (χ2n) is 10.0. The van der Waals surface area contributed by atoms with E-state index in [4.69, 9.17) is 0 Å². The average molecular weight is 503 g/mol. The number of imidazole rings is 1. The number of H-pyrrole nitrogens is 1. The van der Waals surface area contributed by atoms with E-state index in [-0.39, 0.29) is 23.9 Å². The zero-order valence-corrected chi connectivity index (χ0v) is 21.3. The molecule has 2 aromatic rings. The summed E-state index contributed by atoms with van der Waals surface area (Å²) in [6.45, 7) is 6.01. The minimum absolute atomic E-state index is 0.0469. The van der Waals surface area contributed by atoms with Crippen LogP contribution in [0.4, 0.5) is 4.39 Å². The van der Waals surface area contributed by atoms with Crippen LogP contribution in [0, 0.1) is 5.82 Å². The number of aromatic nitrogens is 2. The molecule has 1 unspecified atom stereocenters. The van der Waals surface area contributed by atoms with Crippen LogP contribution in [0.5, 0.6) is 0 Å². The molecule has 2 aliphatic heterocycles. The molecule has 0 aliphatic carbocycles. The van der Waals surface area contributed by atoms with Crippen molar-refractivity contribution in [2.75, 3.05) is 19.6 Å². The number of halogens is 1. The fourth-order valence-electron chi connectivity index (χ4n) is 5.32. The fraction of sp³-hybridized carbons (Fsp3) is 0.654. The molecule has 9 nitrogen and oxygen atoms in total. The lowest BCUT2D eigenvalue weighted by atomic mass is 9.99. The van der Waals surface area contributed by atoms with Gasteiger partial charge in [0, 0.05) is 25.7 Å². The summed E-state index contributed by atoms with van der Waals surface area (Å²) < 4.78 is 14.1. The summed E-state index contributed by atoms with van der Waals surface area (Å²) in [5.74, 6) is -0.501. The molecule has 4 N–H and O–H groups in total. The van der Waals surface area contributed by atoms with Gasteiger partial charge in [-0.2, -0.15) is 0 Å². The number of nitrogens with one attached hydrogen (secondary N) is 3. The van der Waals surface area contributed by atoms with Gasteiger partial charge in [0.25, 0.3) is 0 Å². The van der Waals surface area contributed by atoms with Crippen LogP contribution < -0.4 is 10.6 Å². The van der Waals surface area contributed by atoms with Gasteiger partial charge in [0.05, 0.1) is 24.0 Å². The van der Waals surface area contributed by atoms with Crippen molar-refractivity contribution >= 4 is 22.8 Å². The first-order chi connectivity index (χ1) is 17.4. The third-order valence-corrected chi connectivity index (χ3v) is 7.45. The number of aromatic amines is 1. The minimum Gasteiger partial charge on any atom is -0.365 e. The molecule has 0 saturated carbocycles. The first kappa shape index (κ1) is 26.5. The molecular formula is C26H39FN6O3. The molecule has 4 rings (SSSR count). The lowest BCUT2D eigenvalue weighted by Gasteiger charge is -2.37. The minimum atomic E-state index is -1.02. The van der Waals surface area contributed by atoms with E-state index in [0.29, 0.717) is 17.9 Å². The van der Waals surface area contributed by atoms with Gasteiger partial charge in [-0.15, -0.1) is 0 Å². The maximum Gasteiger partial charge on any atom is 0.238 e. The first-order valence-electron chi connectivity index (χ1n) is 13.3. The average Bonchev–Trinajstić information content (AvgIpc) is 3.34. The van der Waals surface area contributed by atoms with Crippen molar-refractivity contribution in [3.05, 3.63) is 29.8 Å². The van der Waals surface area contributed by atoms with Gasteiger partial charge in [0.1, 0.15) is 11.3 Å². The zero-order valence-electron chi connectivity index (χ0n) is 21.3. The number of carbonyl (C=O) groups is 2. The number of para-hydroxylation sites is 1. The molecule has 0 radical (unpaired) electrons. The quantitative estimate of drug-likeness (QED) is 0.392. The van der Waals surface area contributed by atoms with Crippen LogP contribution in [0.3, 0.4) is 0 Å². The predicted molar refractivity (Wildman–Crippen MR) is 135 cm³/mol. The van der Waals surface area contributed by atoms with Gasteiger partial charge in [-0.3, -0.25) is 19.8 Å². The molecule has 10 heteroatoms. The molecule has 2 aliphatic rings. The maximum absolute atomic E-state index is 14.1. The Labute approximate surface area is 211 Å². The van der Waals surface area contributed by atoms with E-state index in [1.54, 1.807) is 19.1 Å². The van der Waals surface area contributed by atoms with Crippen LogP contribution in [0.15, 0.2) is 18.2 Å². The molecule has 0 spiro atoms. The lowest BCUT2D eigenvalue weighted by molar-refractivity contribution is -0.139. The molecule has 2 saturated heterocycles. The molecule has 1 aromatic heterocycles. The van der Waals surface area contributed by atoms with E-state index in [9.17, 15) is 19.1 Å². The summed E-state index contributed by atoms with van der Waals surface area (Å²) in [4.78, 5) is 37.9. The van der Waals surface area contributed by atoms with E-state index in [1.807, 2.05) is 9.80 Å². The van der Waals surface area contributed by atoms with Crippen molar-refractivity contribution in [2.45, 2.75) is 89.7 Å². The van der Waals surface area contributed by atoms with E-state index in [2.05, 4.69) is 27.5 Å². The van der Waals surface area contributed by atoms with E-state index >= 15 is 0 Å². The fourth-order valence-corrected chi connectivity index (χ4v) is 5.32. The molecule has 1 aromatic carbocycles. The highest BCUT2D eigenvalue weighted by Gasteiger charge is 2.32. The summed E-state index contributed by atoms with van der Waals surface area (Å²) in [6, 6.07) is 3.39. The molecule has 2 amide bonds. The van der Waals surface area contributed by atoms with Crippen molar-refractivity contribution in [1.82, 2.24) is 30.4 Å². The summed E-state index contributed by atoms with van der Waals surface area (Å²) in [5.41, 5.74) is 0.766. The van der Waals surface area contributed by atoms with Gasteiger partial charge in [-0.1, -0.05) is 19.4 Å². The Morgan fingerprint density at radius 1 is 1.19 bits per heavy atom. The third-order valence-electron chi connectivity index (χ3n) is 7.45. The molecule has 2 fully saturated rings. The SMILES string of the molecule is CC[C@H]1CCCCN1C(=O)C[C@H](NC(O)N1CCCCC1)C(=O)N[C@@H](C)c1nc2c(F)cccc2[nH]1. The highest BCUT2D eigenvalue weighted by molar-refractivity contribution is 5.88. The Balaban J connectivity index is 1.48. The highest BCUT2D eigenvalue weighted by atomic mass is 19.1. The van der Waals surface area contributed by atoms with E-state index < -0.39 is 30.2 Å². The number of fused-ring (bicyclic) bond motifs is 1. The number of aliphatic hydroxyl groups excluding tert-OH is 1. The highest BCUT2D eigenvalue weighted by Crippen LogP contribution is 2.22. The van der Waals surface area contributed by atoms with E-state index in [0.717, 1.165) is 58.0 Å². The standard InChI is InChI=1S/C26H39FN6O3/c1-3-18-10-5-8-15-33(18)22(34)16-21(30-26(36)32-13-6-4-7-14-32)25(35)28-17(2)24-29-20-12-9-11-19(27)23(20)31-24/h9,11-12,17-18,21,26,30,36H,3-8,10,13-16H2,1-2H3,(H,28,35)(H,29,31)/t17-,18-,21-,26?/m0/s1. The summed E-state index contributed by atoms with van der Waals surface area (Å²) >= 11 is 0. The smallest absolute Gasteiger partial charge is 0.238 e. The van der Waals surface area contributed by atoms with Crippen molar-refractivity contribution in [1.29, 1.82) is 0 Å². The van der Waals surface area contributed by atoms with Crippen molar-refractivity contribution < 1.29 is 19.1 Å². The molecule has 198 valence electrons. The zero-order chi connectivity index (χ0) is 25.7. The van der Waals surface area contributed by atoms with Crippen LogP contribution >= 0.6 is 0 Å². The second kappa shape index (κ2) is 12.1. The number of aliphatic hydroxyl groups is 1. The Hall–Kier alpha value is -2.56. The van der Waals surface area contributed by atoms with Crippen LogP contribution in [-0.4, -0.2) is 74.8 Å². The van der Waals surface area contributed by atoms with Crippen LogP contribution in [0.1, 0.15) is 77.1 Å². The Morgan fingerprint density at radius 3 is 2.67 bits per heavy atom. The number of hydrogen-bond acceptors (Lipinski definition) is 6.